The molecule has 0 unspecified atom stereocenters. The largest absolute Gasteiger partial charge is 0.0896 e. The number of rotatable bonds is 3. The highest BCUT2D eigenvalue weighted by molar-refractivity contribution is 5.51. The predicted molar refractivity (Wildman–Crippen MR) is 112 cm³/mol. The molecule has 0 nitrogen and oxygen atoms in total. The lowest BCUT2D eigenvalue weighted by Crippen LogP contribution is -2.21. The van der Waals surface area contributed by atoms with Gasteiger partial charge in [0.25, 0.3) is 0 Å². The van der Waals surface area contributed by atoms with Gasteiger partial charge in [-0.3, -0.25) is 0 Å². The second kappa shape index (κ2) is 7.38. The molecule has 0 spiro atoms. The number of allylic oxidation sites excluding steroid dienone is 4. The molecular formula is C26H28. The first-order valence-corrected chi connectivity index (χ1v) is 9.00. The van der Waals surface area contributed by atoms with Gasteiger partial charge in [-0.15, -0.1) is 0 Å². The number of hydrogen-bond acceptors (Lipinski definition) is 0. The summed E-state index contributed by atoms with van der Waals surface area (Å²) in [5.41, 5.74) is 6.31. The van der Waals surface area contributed by atoms with Crippen molar-refractivity contribution in [2.45, 2.75) is 47.0 Å². The first kappa shape index (κ1) is 12.8. The fraction of sp³-hybridized carbons (Fsp3) is 0.308. The Labute approximate surface area is 165 Å². The molecule has 0 saturated heterocycles. The summed E-state index contributed by atoms with van der Waals surface area (Å²) in [5, 5.41) is 0. The van der Waals surface area contributed by atoms with E-state index < -0.39 is 6.04 Å². The minimum atomic E-state index is -0.397. The van der Waals surface area contributed by atoms with E-state index in [9.17, 15) is 0 Å². The zero-order chi connectivity index (χ0) is 23.1. The topological polar surface area (TPSA) is 0 Å². The lowest BCUT2D eigenvalue weighted by atomic mass is 9.71. The van der Waals surface area contributed by atoms with Crippen LogP contribution < -0.4 is 0 Å². The van der Waals surface area contributed by atoms with Crippen molar-refractivity contribution in [3.05, 3.63) is 94.0 Å². The average molecular weight is 346 g/mol. The third-order valence-corrected chi connectivity index (χ3v) is 6.03. The van der Waals surface area contributed by atoms with E-state index in [1.807, 2.05) is 30.3 Å². The molecule has 0 heterocycles. The molecule has 0 heteroatoms. The smallest absolute Gasteiger partial charge is 0.0636 e. The molecule has 0 bridgehead atoms. The fourth-order valence-corrected chi connectivity index (χ4v) is 3.80. The normalized spacial score (nSPS) is 19.8. The van der Waals surface area contributed by atoms with E-state index >= 15 is 0 Å². The van der Waals surface area contributed by atoms with Crippen molar-refractivity contribution in [2.24, 2.45) is 5.41 Å². The van der Waals surface area contributed by atoms with Gasteiger partial charge in [0.1, 0.15) is 0 Å². The van der Waals surface area contributed by atoms with Crippen molar-refractivity contribution in [2.75, 3.05) is 0 Å². The van der Waals surface area contributed by atoms with Crippen LogP contribution in [-0.4, -0.2) is 0 Å². The van der Waals surface area contributed by atoms with Crippen LogP contribution in [0.5, 0.6) is 0 Å². The summed E-state index contributed by atoms with van der Waals surface area (Å²) >= 11 is 0. The van der Waals surface area contributed by atoms with Gasteiger partial charge in [-0.2, -0.15) is 0 Å². The fourth-order valence-electron chi connectivity index (χ4n) is 3.80. The van der Waals surface area contributed by atoms with Gasteiger partial charge in [-0.25, -0.2) is 0 Å². The number of hydrogen-bond donors (Lipinski definition) is 0. The van der Waals surface area contributed by atoms with Gasteiger partial charge in [0.05, 0.1) is 6.85 Å². The molecule has 0 fully saturated rings. The van der Waals surface area contributed by atoms with Gasteiger partial charge in [0.15, 0.2) is 0 Å². The minimum Gasteiger partial charge on any atom is -0.0896 e. The highest BCUT2D eigenvalue weighted by atomic mass is 14.4. The summed E-state index contributed by atoms with van der Waals surface area (Å²) < 4.78 is 40.0. The third-order valence-electron chi connectivity index (χ3n) is 6.03. The molecule has 0 amide bonds. The summed E-state index contributed by atoms with van der Waals surface area (Å²) in [4.78, 5) is 0. The van der Waals surface area contributed by atoms with Gasteiger partial charge in [0, 0.05) is 16.9 Å². The van der Waals surface area contributed by atoms with Crippen molar-refractivity contribution < 1.29 is 6.85 Å². The monoisotopic (exact) mass is 345 g/mol. The molecule has 2 aromatic rings. The van der Waals surface area contributed by atoms with Gasteiger partial charge >= 0.3 is 0 Å². The molecule has 3 rings (SSSR count). The molecule has 0 aromatic heterocycles. The first-order valence-electron chi connectivity index (χ1n) is 11.5. The molecule has 0 radical (unpaired) electrons. The molecule has 0 N–H and O–H groups in total. The summed E-state index contributed by atoms with van der Waals surface area (Å²) in [6.45, 7) is 10.9. The highest BCUT2D eigenvalue weighted by Crippen LogP contribution is 2.51. The van der Waals surface area contributed by atoms with Gasteiger partial charge < -0.3 is 0 Å². The SMILES string of the molecule is [2H]c1c([2H])c([2H])c(C#C[C@@H](CC2(C)C(C)=C(C)C(C)=C2C)c2ccccc2)c([2H])c1[2H]. The molecule has 0 aliphatic heterocycles. The van der Waals surface area contributed by atoms with Crippen LogP contribution in [0.4, 0.5) is 0 Å². The summed E-state index contributed by atoms with van der Waals surface area (Å²) in [6.07, 6.45) is 0.759. The Balaban J connectivity index is 2.12. The van der Waals surface area contributed by atoms with E-state index in [0.717, 1.165) is 12.0 Å². The Morgan fingerprint density at radius 3 is 2.08 bits per heavy atom. The maximum Gasteiger partial charge on any atom is 0.0636 e. The van der Waals surface area contributed by atoms with E-state index in [1.54, 1.807) is 0 Å². The highest BCUT2D eigenvalue weighted by Gasteiger charge is 2.38. The van der Waals surface area contributed by atoms with Crippen molar-refractivity contribution in [1.29, 1.82) is 0 Å². The van der Waals surface area contributed by atoms with Gasteiger partial charge in [-0.1, -0.05) is 78.4 Å². The van der Waals surface area contributed by atoms with Crippen LogP contribution in [0.3, 0.4) is 0 Å². The second-order valence-corrected chi connectivity index (χ2v) is 7.27. The molecule has 1 aliphatic carbocycles. The average Bonchev–Trinajstić information content (AvgIpc) is 2.91. The Morgan fingerprint density at radius 1 is 0.923 bits per heavy atom. The Morgan fingerprint density at radius 2 is 1.50 bits per heavy atom. The number of benzene rings is 2. The van der Waals surface area contributed by atoms with E-state index in [-0.39, 0.29) is 41.1 Å². The minimum absolute atomic E-state index is 0.0513. The Hall–Kier alpha value is -2.52. The quantitative estimate of drug-likeness (QED) is 0.530. The van der Waals surface area contributed by atoms with Crippen LogP contribution in [-0.2, 0) is 0 Å². The van der Waals surface area contributed by atoms with Crippen molar-refractivity contribution >= 4 is 0 Å². The van der Waals surface area contributed by atoms with Crippen LogP contribution >= 0.6 is 0 Å². The second-order valence-electron chi connectivity index (χ2n) is 7.27. The first-order chi connectivity index (χ1) is 14.5. The Bertz CT molecular complexity index is 1110. The van der Waals surface area contributed by atoms with Gasteiger partial charge in [-0.05, 0) is 62.9 Å². The molecule has 26 heavy (non-hydrogen) atoms. The molecule has 132 valence electrons. The van der Waals surface area contributed by atoms with Gasteiger partial charge in [0.2, 0.25) is 0 Å². The lowest BCUT2D eigenvalue weighted by Gasteiger charge is -2.32. The molecule has 2 aromatic carbocycles. The van der Waals surface area contributed by atoms with E-state index in [0.29, 0.717) is 0 Å². The summed E-state index contributed by atoms with van der Waals surface area (Å²) in [6, 6.07) is 8.39. The predicted octanol–water partition coefficient (Wildman–Crippen LogP) is 6.90. The zero-order valence-corrected chi connectivity index (χ0v) is 16.2. The maximum absolute atomic E-state index is 8.17. The zero-order valence-electron chi connectivity index (χ0n) is 21.2. The van der Waals surface area contributed by atoms with Crippen LogP contribution in [0.2, 0.25) is 0 Å². The van der Waals surface area contributed by atoms with E-state index in [4.69, 9.17) is 6.85 Å². The molecule has 1 atom stereocenters. The van der Waals surface area contributed by atoms with Crippen LogP contribution in [0.15, 0.2) is 82.8 Å². The van der Waals surface area contributed by atoms with Crippen LogP contribution in [0.1, 0.15) is 64.9 Å². The molecule has 1 aliphatic rings. The van der Waals surface area contributed by atoms with Crippen molar-refractivity contribution in [3.8, 4) is 11.8 Å². The maximum atomic E-state index is 8.17. The van der Waals surface area contributed by atoms with Crippen molar-refractivity contribution in [3.63, 3.8) is 0 Å². The lowest BCUT2D eigenvalue weighted by molar-refractivity contribution is 0.427. The van der Waals surface area contributed by atoms with E-state index in [2.05, 4.69) is 46.5 Å². The van der Waals surface area contributed by atoms with Crippen LogP contribution in [0.25, 0.3) is 0 Å². The summed E-state index contributed by atoms with van der Waals surface area (Å²) in [5.74, 6) is 6.07. The third kappa shape index (κ3) is 3.40. The Kier molecular flexibility index (Phi) is 3.63. The van der Waals surface area contributed by atoms with E-state index in [1.165, 1.54) is 22.3 Å². The van der Waals surface area contributed by atoms with Crippen LogP contribution in [0, 0.1) is 17.3 Å². The standard InChI is InChI=1S/C26H28/c1-19-20(2)22(4)26(5,21(19)3)18-25(24-14-10-7-11-15-24)17-16-23-12-8-6-9-13-23/h6-15,25H,18H2,1-5H3/t25-/m0/s1/i6D,8D,9D,12D,13D. The summed E-state index contributed by atoms with van der Waals surface area (Å²) in [7, 11) is 0. The molecular weight excluding hydrogens is 312 g/mol. The van der Waals surface area contributed by atoms with Crippen molar-refractivity contribution in [1.82, 2.24) is 0 Å². The molecule has 0 saturated carbocycles.